The van der Waals surface area contributed by atoms with E-state index < -0.39 is 0 Å². The zero-order valence-corrected chi connectivity index (χ0v) is 14.4. The van der Waals surface area contributed by atoms with Crippen molar-refractivity contribution in [3.63, 3.8) is 0 Å². The van der Waals surface area contributed by atoms with Crippen LogP contribution in [0.2, 0.25) is 0 Å². The van der Waals surface area contributed by atoms with Crippen molar-refractivity contribution in [1.82, 2.24) is 20.4 Å². The molecule has 0 amide bonds. The van der Waals surface area contributed by atoms with Crippen LogP contribution < -0.4 is 10.6 Å². The predicted molar refractivity (Wildman–Crippen MR) is 87.7 cm³/mol. The zero-order chi connectivity index (χ0) is 15.8. The van der Waals surface area contributed by atoms with Crippen molar-refractivity contribution >= 4 is 5.96 Å². The fourth-order valence-electron chi connectivity index (χ4n) is 2.75. The summed E-state index contributed by atoms with van der Waals surface area (Å²) >= 11 is 0. The lowest BCUT2D eigenvalue weighted by atomic mass is 10.1. The molecule has 2 atom stereocenters. The second-order valence-corrected chi connectivity index (χ2v) is 6.98. The highest BCUT2D eigenvalue weighted by atomic mass is 15.3. The van der Waals surface area contributed by atoms with Crippen LogP contribution in [0.25, 0.3) is 0 Å². The molecule has 21 heavy (non-hydrogen) atoms. The van der Waals surface area contributed by atoms with Crippen molar-refractivity contribution < 1.29 is 0 Å². The van der Waals surface area contributed by atoms with Crippen molar-refractivity contribution in [3.05, 3.63) is 17.0 Å². The van der Waals surface area contributed by atoms with Gasteiger partial charge in [-0.3, -0.25) is 9.67 Å². The number of hydrogen-bond donors (Lipinski definition) is 2. The first-order chi connectivity index (χ1) is 9.74. The van der Waals surface area contributed by atoms with Crippen LogP contribution in [-0.2, 0) is 13.5 Å². The molecule has 1 saturated carbocycles. The van der Waals surface area contributed by atoms with Crippen LogP contribution in [0.5, 0.6) is 0 Å². The highest BCUT2D eigenvalue weighted by Crippen LogP contribution is 2.44. The smallest absolute Gasteiger partial charge is 0.191 e. The number of rotatable bonds is 4. The van der Waals surface area contributed by atoms with Crippen LogP contribution in [0, 0.1) is 19.3 Å². The first kappa shape index (κ1) is 15.9. The molecule has 1 aromatic heterocycles. The summed E-state index contributed by atoms with van der Waals surface area (Å²) in [5.41, 5.74) is 4.10. The third-order valence-electron chi connectivity index (χ3n) is 4.60. The molecule has 1 aliphatic rings. The monoisotopic (exact) mass is 291 g/mol. The molecule has 1 heterocycles. The Morgan fingerprint density at radius 3 is 2.52 bits per heavy atom. The molecule has 0 aromatic carbocycles. The number of aromatic nitrogens is 2. The number of guanidine groups is 1. The number of hydrogen-bond acceptors (Lipinski definition) is 2. The number of nitrogens with one attached hydrogen (secondary N) is 2. The van der Waals surface area contributed by atoms with Crippen molar-refractivity contribution in [2.75, 3.05) is 7.05 Å². The van der Waals surface area contributed by atoms with E-state index in [9.17, 15) is 0 Å². The van der Waals surface area contributed by atoms with E-state index in [4.69, 9.17) is 0 Å². The summed E-state index contributed by atoms with van der Waals surface area (Å²) in [7, 11) is 3.83. The molecule has 0 spiro atoms. The highest BCUT2D eigenvalue weighted by molar-refractivity contribution is 5.80. The Morgan fingerprint density at radius 1 is 1.48 bits per heavy atom. The molecule has 2 unspecified atom stereocenters. The summed E-state index contributed by atoms with van der Waals surface area (Å²) in [6.45, 7) is 11.0. The molecular weight excluding hydrogens is 262 g/mol. The van der Waals surface area contributed by atoms with Crippen LogP contribution >= 0.6 is 0 Å². The lowest BCUT2D eigenvalue weighted by Crippen LogP contribution is -2.44. The maximum atomic E-state index is 4.48. The molecule has 0 aliphatic heterocycles. The van der Waals surface area contributed by atoms with Gasteiger partial charge in [-0.25, -0.2) is 0 Å². The van der Waals surface area contributed by atoms with Gasteiger partial charge in [0, 0.05) is 31.9 Å². The van der Waals surface area contributed by atoms with Crippen LogP contribution in [-0.4, -0.2) is 34.9 Å². The summed E-state index contributed by atoms with van der Waals surface area (Å²) in [6.07, 6.45) is 2.17. The van der Waals surface area contributed by atoms with Gasteiger partial charge in [-0.1, -0.05) is 13.8 Å². The van der Waals surface area contributed by atoms with E-state index in [2.05, 4.69) is 55.3 Å². The van der Waals surface area contributed by atoms with Crippen molar-refractivity contribution in [1.29, 1.82) is 0 Å². The Balaban J connectivity index is 1.93. The van der Waals surface area contributed by atoms with Gasteiger partial charge in [0.05, 0.1) is 5.69 Å². The van der Waals surface area contributed by atoms with Gasteiger partial charge in [-0.15, -0.1) is 0 Å². The second-order valence-electron chi connectivity index (χ2n) is 6.98. The van der Waals surface area contributed by atoms with Gasteiger partial charge < -0.3 is 10.6 Å². The van der Waals surface area contributed by atoms with Crippen LogP contribution in [0.1, 0.15) is 44.1 Å². The van der Waals surface area contributed by atoms with Crippen molar-refractivity contribution in [3.8, 4) is 0 Å². The third-order valence-corrected chi connectivity index (χ3v) is 4.60. The van der Waals surface area contributed by atoms with Gasteiger partial charge in [0.2, 0.25) is 0 Å². The molecule has 1 fully saturated rings. The van der Waals surface area contributed by atoms with Crippen LogP contribution in [0.3, 0.4) is 0 Å². The van der Waals surface area contributed by atoms with E-state index in [1.54, 1.807) is 0 Å². The molecule has 1 aliphatic carbocycles. The molecule has 1 aromatic rings. The Labute approximate surface area is 128 Å². The van der Waals surface area contributed by atoms with Crippen molar-refractivity contribution in [2.45, 2.75) is 59.5 Å². The molecule has 118 valence electrons. The summed E-state index contributed by atoms with van der Waals surface area (Å²) in [5, 5.41) is 11.5. The Hall–Kier alpha value is -1.52. The molecule has 0 bridgehead atoms. The number of aryl methyl sites for hydroxylation is 2. The maximum Gasteiger partial charge on any atom is 0.191 e. The number of aliphatic imine (C=N–C) groups is 1. The lowest BCUT2D eigenvalue weighted by Gasteiger charge is -2.19. The molecular formula is C16H29N5. The second kappa shape index (κ2) is 5.70. The lowest BCUT2D eigenvalue weighted by molar-refractivity contribution is 0.577. The summed E-state index contributed by atoms with van der Waals surface area (Å²) < 4.78 is 1.96. The Kier molecular flexibility index (Phi) is 4.30. The van der Waals surface area contributed by atoms with Gasteiger partial charge in [-0.05, 0) is 44.6 Å². The fourth-order valence-corrected chi connectivity index (χ4v) is 2.75. The van der Waals surface area contributed by atoms with Gasteiger partial charge in [-0.2, -0.15) is 5.10 Å². The first-order valence-electron chi connectivity index (χ1n) is 7.73. The van der Waals surface area contributed by atoms with Crippen molar-refractivity contribution in [2.24, 2.45) is 17.5 Å². The van der Waals surface area contributed by atoms with Gasteiger partial charge in [0.25, 0.3) is 0 Å². The third kappa shape index (κ3) is 3.57. The van der Waals surface area contributed by atoms with E-state index in [0.717, 1.165) is 18.1 Å². The Morgan fingerprint density at radius 2 is 2.10 bits per heavy atom. The largest absolute Gasteiger partial charge is 0.354 e. The number of nitrogens with zero attached hydrogens (tertiary/aromatic N) is 3. The normalized spacial score (nSPS) is 22.0. The molecule has 0 radical (unpaired) electrons. The minimum Gasteiger partial charge on any atom is -0.354 e. The standard InChI is InChI=1S/C16H29N5/c1-10(8-13-11(2)20-21(7)12(13)3)18-15(17-6)19-14-9-16(14,4)5/h10,14H,8-9H2,1-7H3,(H2,17,18,19). The molecule has 2 N–H and O–H groups in total. The molecule has 2 rings (SSSR count). The summed E-state index contributed by atoms with van der Waals surface area (Å²) in [4.78, 5) is 4.34. The predicted octanol–water partition coefficient (Wildman–Crippen LogP) is 1.93. The average Bonchev–Trinajstić information content (AvgIpc) is 2.92. The average molecular weight is 291 g/mol. The Bertz CT molecular complexity index is 541. The van der Waals surface area contributed by atoms with E-state index in [0.29, 0.717) is 17.5 Å². The minimum absolute atomic E-state index is 0.319. The molecule has 5 nitrogen and oxygen atoms in total. The molecule has 0 saturated heterocycles. The summed E-state index contributed by atoms with van der Waals surface area (Å²) in [5.74, 6) is 0.900. The van der Waals surface area contributed by atoms with Crippen LogP contribution in [0.15, 0.2) is 4.99 Å². The minimum atomic E-state index is 0.319. The SMILES string of the molecule is CN=C(NC(C)Cc1c(C)nn(C)c1C)NC1CC1(C)C. The van der Waals surface area contributed by atoms with Gasteiger partial charge in [0.15, 0.2) is 5.96 Å². The summed E-state index contributed by atoms with van der Waals surface area (Å²) in [6, 6.07) is 0.859. The first-order valence-corrected chi connectivity index (χ1v) is 7.73. The van der Waals surface area contributed by atoms with E-state index in [1.165, 1.54) is 17.7 Å². The van der Waals surface area contributed by atoms with E-state index >= 15 is 0 Å². The molecule has 5 heteroatoms. The van der Waals surface area contributed by atoms with Gasteiger partial charge in [0.1, 0.15) is 0 Å². The van der Waals surface area contributed by atoms with Crippen LogP contribution in [0.4, 0.5) is 0 Å². The van der Waals surface area contributed by atoms with E-state index in [-0.39, 0.29) is 0 Å². The van der Waals surface area contributed by atoms with E-state index in [1.807, 2.05) is 18.8 Å². The quantitative estimate of drug-likeness (QED) is 0.658. The van der Waals surface area contributed by atoms with Gasteiger partial charge >= 0.3 is 0 Å². The fraction of sp³-hybridized carbons (Fsp3) is 0.750. The maximum absolute atomic E-state index is 4.48. The highest BCUT2D eigenvalue weighted by Gasteiger charge is 2.46. The topological polar surface area (TPSA) is 54.2 Å². The zero-order valence-electron chi connectivity index (χ0n) is 14.4.